The van der Waals surface area contributed by atoms with Crippen molar-refractivity contribution in [3.63, 3.8) is 0 Å². The van der Waals surface area contributed by atoms with Crippen molar-refractivity contribution in [2.24, 2.45) is 5.73 Å². The van der Waals surface area contributed by atoms with Crippen molar-refractivity contribution in [2.45, 2.75) is 10.0 Å². The summed E-state index contributed by atoms with van der Waals surface area (Å²) in [6, 6.07) is -1.45. The van der Waals surface area contributed by atoms with Gasteiger partial charge in [0.2, 0.25) is 0 Å². The van der Waals surface area contributed by atoms with Gasteiger partial charge in [-0.15, -0.1) is 0 Å². The number of methoxy groups -OCH3 is 1. The van der Waals surface area contributed by atoms with Crippen molar-refractivity contribution in [2.75, 3.05) is 13.7 Å². The van der Waals surface area contributed by atoms with Gasteiger partial charge < -0.3 is 0 Å². The summed E-state index contributed by atoms with van der Waals surface area (Å²) in [4.78, 5) is 21.0. The topological polar surface area (TPSA) is 93.4 Å². The van der Waals surface area contributed by atoms with E-state index < -0.39 is 12.1 Å². The first-order valence-electron chi connectivity index (χ1n) is 3.76. The maximum atomic E-state index is 10.8. The van der Waals surface area contributed by atoms with Crippen LogP contribution in [0.1, 0.15) is 0 Å². The van der Waals surface area contributed by atoms with E-state index >= 15 is 0 Å². The molecule has 0 aliphatic rings. The van der Waals surface area contributed by atoms with Crippen LogP contribution < -0.4 is 16.4 Å². The molecule has 7 heteroatoms. The van der Waals surface area contributed by atoms with Gasteiger partial charge in [-0.3, -0.25) is 0 Å². The van der Waals surface area contributed by atoms with Gasteiger partial charge in [-0.25, -0.2) is 0 Å². The van der Waals surface area contributed by atoms with E-state index in [1.807, 2.05) is 5.32 Å². The zero-order valence-electron chi connectivity index (χ0n) is 7.50. The number of nitrogens with one attached hydrogen (secondary N) is 2. The molecule has 70 valence electrons. The van der Waals surface area contributed by atoms with E-state index in [0.29, 0.717) is 32.7 Å². The third-order valence-electron chi connectivity index (χ3n) is 1.38. The third-order valence-corrected chi connectivity index (χ3v) is 3.89. The van der Waals surface area contributed by atoms with E-state index in [0.717, 1.165) is 3.93 Å². The van der Waals surface area contributed by atoms with Crippen molar-refractivity contribution in [1.82, 2.24) is 10.6 Å². The zero-order valence-corrected chi connectivity index (χ0v) is 13.0. The molecule has 0 saturated heterocycles. The molecule has 0 rings (SSSR count). The summed E-state index contributed by atoms with van der Waals surface area (Å²) in [5.41, 5.74) is 4.73. The molecule has 1 unspecified atom stereocenters. The van der Waals surface area contributed by atoms with Gasteiger partial charge in [0.1, 0.15) is 0 Å². The molecule has 6 nitrogen and oxygen atoms in total. The molecular weight excluding hydrogens is 363 g/mol. The number of primary amides is 1. The van der Waals surface area contributed by atoms with Crippen molar-refractivity contribution >= 4 is 12.1 Å². The quantitative estimate of drug-likeness (QED) is 0.571. The van der Waals surface area contributed by atoms with Crippen LogP contribution in [0, 0.1) is 0 Å². The van der Waals surface area contributed by atoms with Gasteiger partial charge >= 0.3 is 92.6 Å². The first-order valence-corrected chi connectivity index (χ1v) is 7.65. The summed E-state index contributed by atoms with van der Waals surface area (Å²) in [6.07, 6.45) is 0.0435. The average Bonchev–Trinajstić information content (AvgIpc) is 2.05. The Morgan fingerprint density at radius 3 is 2.62 bits per heavy atom. The minimum atomic E-state index is -0.860. The molecule has 0 bridgehead atoms. The predicted molar refractivity (Wildman–Crippen MR) is 41.7 cm³/mol. The minimum absolute atomic E-state index is 0.0435. The first kappa shape index (κ1) is 12.6. The number of hydrogen-bond donors (Lipinski definition) is 3. The molecule has 0 aliphatic carbocycles. The Bertz CT molecular complexity index is 184. The van der Waals surface area contributed by atoms with Crippen molar-refractivity contribution in [3.8, 4) is 0 Å². The van der Waals surface area contributed by atoms with Crippen molar-refractivity contribution in [3.05, 3.63) is 0 Å². The molecule has 4 amide bonds. The number of imide groups is 1. The molecule has 0 aliphatic heterocycles. The van der Waals surface area contributed by atoms with Crippen LogP contribution in [0.5, 0.6) is 0 Å². The Kier molecular flexibility index (Phi) is 6.88. The standard InChI is InChI=1S/C6H12N3O3.Hg/c1-4(12-2)3-8-6(11)9-5(7)10;/h4H,1,3H2,2H3,(H4,7,8,9,10,11);/q;+1. The number of amides is 4. The Labute approximate surface area is 92.5 Å². The van der Waals surface area contributed by atoms with E-state index in [-0.39, 0.29) is 6.10 Å². The second-order valence-corrected chi connectivity index (χ2v) is 4.59. The maximum absolute atomic E-state index is 10.8. The summed E-state index contributed by atoms with van der Waals surface area (Å²) in [5.74, 6) is 0. The number of urea groups is 2. The second-order valence-electron chi connectivity index (χ2n) is 2.35. The average molecular weight is 375 g/mol. The summed E-state index contributed by atoms with van der Waals surface area (Å²) < 4.78 is 6.02. The van der Waals surface area contributed by atoms with Crippen molar-refractivity contribution in [1.29, 1.82) is 0 Å². The fourth-order valence-corrected chi connectivity index (χ4v) is 2.38. The summed E-state index contributed by atoms with van der Waals surface area (Å²) in [6.45, 7) is 0.402. The van der Waals surface area contributed by atoms with E-state index in [9.17, 15) is 9.59 Å². The molecule has 4 N–H and O–H groups in total. The van der Waals surface area contributed by atoms with Gasteiger partial charge in [0, 0.05) is 0 Å². The number of carbonyl (C=O) groups excluding carboxylic acids is 2. The Morgan fingerprint density at radius 2 is 2.23 bits per heavy atom. The molecule has 0 radical (unpaired) electrons. The van der Waals surface area contributed by atoms with Crippen LogP contribution in [0.4, 0.5) is 9.59 Å². The van der Waals surface area contributed by atoms with Gasteiger partial charge in [0.25, 0.3) is 0 Å². The van der Waals surface area contributed by atoms with E-state index in [4.69, 9.17) is 10.5 Å². The molecule has 0 aromatic heterocycles. The molecule has 0 aromatic rings. The van der Waals surface area contributed by atoms with Gasteiger partial charge in [-0.1, -0.05) is 0 Å². The molecule has 1 atom stereocenters. The molecule has 13 heavy (non-hydrogen) atoms. The monoisotopic (exact) mass is 376 g/mol. The normalized spacial score (nSPS) is 11.9. The van der Waals surface area contributed by atoms with Crippen LogP contribution in [-0.4, -0.2) is 31.8 Å². The van der Waals surface area contributed by atoms with Crippen LogP contribution in [0.3, 0.4) is 0 Å². The Morgan fingerprint density at radius 1 is 1.62 bits per heavy atom. The number of hydrogen-bond acceptors (Lipinski definition) is 3. The molecular formula is C6H12HgN3O3+. The van der Waals surface area contributed by atoms with Crippen LogP contribution in [0.25, 0.3) is 0 Å². The van der Waals surface area contributed by atoms with E-state index in [2.05, 4.69) is 5.32 Å². The van der Waals surface area contributed by atoms with Crippen LogP contribution in [0.2, 0.25) is 3.93 Å². The zero-order chi connectivity index (χ0) is 10.3. The first-order chi connectivity index (χ1) is 6.10. The van der Waals surface area contributed by atoms with Gasteiger partial charge in [0.15, 0.2) is 0 Å². The van der Waals surface area contributed by atoms with E-state index in [1.54, 1.807) is 7.11 Å². The number of ether oxygens (including phenoxy) is 1. The fourth-order valence-electron chi connectivity index (χ4n) is 0.666. The number of rotatable bonds is 4. The van der Waals surface area contributed by atoms with Gasteiger partial charge in [0.05, 0.1) is 0 Å². The Hall–Kier alpha value is -0.365. The molecule has 0 aromatic carbocycles. The van der Waals surface area contributed by atoms with Crippen LogP contribution >= 0.6 is 0 Å². The third kappa shape index (κ3) is 6.77. The molecule has 0 fully saturated rings. The number of carbonyl (C=O) groups is 2. The predicted octanol–water partition coefficient (Wildman–Crippen LogP) is -0.656. The summed E-state index contributed by atoms with van der Waals surface area (Å²) >= 11 is 0.630. The molecule has 0 heterocycles. The molecule has 0 saturated carbocycles. The summed E-state index contributed by atoms with van der Waals surface area (Å²) in [5, 5.41) is 4.37. The van der Waals surface area contributed by atoms with Gasteiger partial charge in [-0.05, 0) is 0 Å². The van der Waals surface area contributed by atoms with Crippen LogP contribution in [-0.2, 0) is 30.9 Å². The van der Waals surface area contributed by atoms with E-state index in [1.165, 1.54) is 0 Å². The second kappa shape index (κ2) is 7.08. The molecule has 0 spiro atoms. The number of nitrogens with two attached hydrogens (primary N) is 1. The summed E-state index contributed by atoms with van der Waals surface area (Å²) in [7, 11) is 1.59. The Balaban J connectivity index is 3.62. The fraction of sp³-hybridized carbons (Fsp3) is 0.667. The SMILES string of the molecule is COC([CH2][Hg+])CNC(=O)NC(N)=O. The van der Waals surface area contributed by atoms with Gasteiger partial charge in [-0.2, -0.15) is 0 Å². The van der Waals surface area contributed by atoms with Crippen molar-refractivity contribution < 1.29 is 40.4 Å². The van der Waals surface area contributed by atoms with Crippen LogP contribution in [0.15, 0.2) is 0 Å².